The Morgan fingerprint density at radius 3 is 2.18 bits per heavy atom. The van der Waals surface area contributed by atoms with Crippen LogP contribution in [-0.2, 0) is 0 Å². The smallest absolute Gasteiger partial charge is 0.0668 e. The largest absolute Gasteiger partial charge is 0.198 e. The van der Waals surface area contributed by atoms with Crippen LogP contribution in [0.1, 0.15) is 33.1 Å². The van der Waals surface area contributed by atoms with E-state index in [1.54, 1.807) is 0 Å². The van der Waals surface area contributed by atoms with Gasteiger partial charge in [-0.25, -0.2) is 0 Å². The lowest BCUT2D eigenvalue weighted by Gasteiger charge is -2.13. The molecule has 0 N–H and O–H groups in total. The number of alkyl halides is 1. The van der Waals surface area contributed by atoms with Gasteiger partial charge in [0.2, 0.25) is 0 Å². The number of hydrogen-bond acceptors (Lipinski definition) is 1. The molecule has 0 radical (unpaired) electrons. The van der Waals surface area contributed by atoms with Crippen LogP contribution in [-0.4, -0.2) is 5.88 Å². The summed E-state index contributed by atoms with van der Waals surface area (Å²) < 4.78 is 0. The second-order valence-electron chi connectivity index (χ2n) is 2.90. The highest BCUT2D eigenvalue weighted by molar-refractivity contribution is 6.18. The van der Waals surface area contributed by atoms with Gasteiger partial charge in [-0.2, -0.15) is 5.26 Å². The van der Waals surface area contributed by atoms with Crippen LogP contribution in [0.5, 0.6) is 0 Å². The first-order chi connectivity index (χ1) is 5.28. The van der Waals surface area contributed by atoms with Gasteiger partial charge in [0.25, 0.3) is 0 Å². The van der Waals surface area contributed by atoms with E-state index in [-0.39, 0.29) is 5.92 Å². The van der Waals surface area contributed by atoms with E-state index in [0.29, 0.717) is 11.8 Å². The van der Waals surface area contributed by atoms with Crippen LogP contribution in [0.2, 0.25) is 0 Å². The van der Waals surface area contributed by atoms with Gasteiger partial charge in [-0.3, -0.25) is 0 Å². The van der Waals surface area contributed by atoms with E-state index in [1.165, 1.54) is 0 Å². The summed E-state index contributed by atoms with van der Waals surface area (Å²) in [5.74, 6) is 1.22. The van der Waals surface area contributed by atoms with Crippen molar-refractivity contribution in [3.05, 3.63) is 0 Å². The lowest BCUT2D eigenvalue weighted by Crippen LogP contribution is -2.07. The summed E-state index contributed by atoms with van der Waals surface area (Å²) in [5.41, 5.74) is 0. The minimum absolute atomic E-state index is 0.0570. The number of nitriles is 1. The molecule has 1 atom stereocenters. The van der Waals surface area contributed by atoms with Crippen molar-refractivity contribution in [3.63, 3.8) is 0 Å². The molecule has 0 heterocycles. The lowest BCUT2D eigenvalue weighted by atomic mass is 9.92. The highest BCUT2D eigenvalue weighted by Gasteiger charge is 2.11. The van der Waals surface area contributed by atoms with Crippen molar-refractivity contribution in [2.75, 3.05) is 5.88 Å². The van der Waals surface area contributed by atoms with Crippen LogP contribution < -0.4 is 0 Å². The van der Waals surface area contributed by atoms with Crippen molar-refractivity contribution in [3.8, 4) is 6.07 Å². The Morgan fingerprint density at radius 1 is 1.36 bits per heavy atom. The number of halogens is 1. The predicted octanol–water partition coefficient (Wildman–Crippen LogP) is 3.19. The van der Waals surface area contributed by atoms with Gasteiger partial charge in [-0.05, 0) is 12.3 Å². The maximum absolute atomic E-state index is 8.63. The summed E-state index contributed by atoms with van der Waals surface area (Å²) in [6.07, 6.45) is 3.28. The third-order valence-electron chi connectivity index (χ3n) is 2.14. The Labute approximate surface area is 74.4 Å². The standard InChI is InChI=1S/C9H16ClN/c1-3-8(4-2)5-9(6-10)7-11/h8-9H,3-6H2,1-2H3. The average Bonchev–Trinajstić information content (AvgIpc) is 2.07. The molecule has 0 aliphatic carbocycles. The van der Waals surface area contributed by atoms with Crippen LogP contribution in [0.3, 0.4) is 0 Å². The summed E-state index contributed by atoms with van der Waals surface area (Å²) in [4.78, 5) is 0. The average molecular weight is 174 g/mol. The molecule has 0 bridgehead atoms. The Hall–Kier alpha value is -0.220. The molecule has 0 spiro atoms. The topological polar surface area (TPSA) is 23.8 Å². The van der Waals surface area contributed by atoms with Gasteiger partial charge in [0.15, 0.2) is 0 Å². The quantitative estimate of drug-likeness (QED) is 0.586. The van der Waals surface area contributed by atoms with E-state index in [9.17, 15) is 0 Å². The molecule has 0 amide bonds. The molecular weight excluding hydrogens is 158 g/mol. The predicted molar refractivity (Wildman–Crippen MR) is 48.5 cm³/mol. The van der Waals surface area contributed by atoms with Crippen molar-refractivity contribution < 1.29 is 0 Å². The molecule has 0 aromatic carbocycles. The molecule has 0 aromatic rings. The summed E-state index contributed by atoms with van der Waals surface area (Å²) >= 11 is 5.60. The zero-order valence-electron chi connectivity index (χ0n) is 7.31. The van der Waals surface area contributed by atoms with E-state index in [4.69, 9.17) is 16.9 Å². The van der Waals surface area contributed by atoms with Crippen LogP contribution in [0, 0.1) is 23.2 Å². The first kappa shape index (κ1) is 10.8. The fourth-order valence-corrected chi connectivity index (χ4v) is 1.37. The highest BCUT2D eigenvalue weighted by atomic mass is 35.5. The van der Waals surface area contributed by atoms with Crippen molar-refractivity contribution in [1.82, 2.24) is 0 Å². The molecule has 0 aliphatic heterocycles. The van der Waals surface area contributed by atoms with Crippen molar-refractivity contribution in [2.24, 2.45) is 11.8 Å². The molecule has 0 saturated heterocycles. The molecule has 0 saturated carbocycles. The minimum Gasteiger partial charge on any atom is -0.198 e. The third kappa shape index (κ3) is 4.27. The molecule has 11 heavy (non-hydrogen) atoms. The van der Waals surface area contributed by atoms with E-state index in [1.807, 2.05) is 0 Å². The molecule has 1 nitrogen and oxygen atoms in total. The van der Waals surface area contributed by atoms with E-state index >= 15 is 0 Å². The second-order valence-corrected chi connectivity index (χ2v) is 3.21. The molecular formula is C9H16ClN. The Kier molecular flexibility index (Phi) is 6.36. The Morgan fingerprint density at radius 2 is 1.91 bits per heavy atom. The van der Waals surface area contributed by atoms with Crippen molar-refractivity contribution >= 4 is 11.6 Å². The van der Waals surface area contributed by atoms with Crippen LogP contribution in [0.4, 0.5) is 0 Å². The molecule has 0 aliphatic rings. The minimum atomic E-state index is 0.0570. The monoisotopic (exact) mass is 173 g/mol. The molecule has 0 rings (SSSR count). The maximum atomic E-state index is 8.63. The highest BCUT2D eigenvalue weighted by Crippen LogP contribution is 2.19. The second kappa shape index (κ2) is 6.49. The van der Waals surface area contributed by atoms with Gasteiger partial charge < -0.3 is 0 Å². The molecule has 1 unspecified atom stereocenters. The fraction of sp³-hybridized carbons (Fsp3) is 0.889. The molecule has 0 fully saturated rings. The summed E-state index contributed by atoms with van der Waals surface area (Å²) in [6, 6.07) is 2.22. The Balaban J connectivity index is 3.70. The van der Waals surface area contributed by atoms with Gasteiger partial charge in [-0.15, -0.1) is 11.6 Å². The maximum Gasteiger partial charge on any atom is 0.0668 e. The molecule has 2 heteroatoms. The molecule has 0 aromatic heterocycles. The SMILES string of the molecule is CCC(CC)CC(C#N)CCl. The first-order valence-electron chi connectivity index (χ1n) is 4.23. The molecule has 64 valence electrons. The van der Waals surface area contributed by atoms with Crippen LogP contribution in [0.15, 0.2) is 0 Å². The normalized spacial score (nSPS) is 13.0. The zero-order chi connectivity index (χ0) is 8.69. The summed E-state index contributed by atoms with van der Waals surface area (Å²) in [7, 11) is 0. The first-order valence-corrected chi connectivity index (χ1v) is 4.77. The fourth-order valence-electron chi connectivity index (χ4n) is 1.17. The van der Waals surface area contributed by atoms with Crippen LogP contribution in [0.25, 0.3) is 0 Å². The third-order valence-corrected chi connectivity index (χ3v) is 2.51. The van der Waals surface area contributed by atoms with Crippen molar-refractivity contribution in [2.45, 2.75) is 33.1 Å². The van der Waals surface area contributed by atoms with Crippen LogP contribution >= 0.6 is 11.6 Å². The number of rotatable bonds is 5. The lowest BCUT2D eigenvalue weighted by molar-refractivity contribution is 0.415. The van der Waals surface area contributed by atoms with E-state index in [2.05, 4.69) is 19.9 Å². The number of hydrogen-bond donors (Lipinski definition) is 0. The van der Waals surface area contributed by atoms with E-state index < -0.39 is 0 Å². The van der Waals surface area contributed by atoms with E-state index in [0.717, 1.165) is 19.3 Å². The van der Waals surface area contributed by atoms with Gasteiger partial charge >= 0.3 is 0 Å². The summed E-state index contributed by atoms with van der Waals surface area (Å²) in [5, 5.41) is 8.63. The van der Waals surface area contributed by atoms with Gasteiger partial charge in [0, 0.05) is 5.88 Å². The van der Waals surface area contributed by atoms with Gasteiger partial charge in [0.1, 0.15) is 0 Å². The van der Waals surface area contributed by atoms with Gasteiger partial charge in [0.05, 0.1) is 12.0 Å². The van der Waals surface area contributed by atoms with Crippen molar-refractivity contribution in [1.29, 1.82) is 5.26 Å². The van der Waals surface area contributed by atoms with Gasteiger partial charge in [-0.1, -0.05) is 26.7 Å². The number of nitrogens with zero attached hydrogens (tertiary/aromatic N) is 1. The zero-order valence-corrected chi connectivity index (χ0v) is 8.06. The summed E-state index contributed by atoms with van der Waals surface area (Å²) in [6.45, 7) is 4.33. The Bertz CT molecular complexity index is 124.